The second kappa shape index (κ2) is 14.1. The number of hydrogen-bond donors (Lipinski definition) is 2. The lowest BCUT2D eigenvalue weighted by molar-refractivity contribution is -0.142. The summed E-state index contributed by atoms with van der Waals surface area (Å²) in [6.07, 6.45) is 1.18. The molecule has 15 heteroatoms. The summed E-state index contributed by atoms with van der Waals surface area (Å²) in [5.41, 5.74) is -0.257. The molecular weight excluding hydrogens is 613 g/mol. The van der Waals surface area contributed by atoms with Crippen molar-refractivity contribution in [2.45, 2.75) is 38.4 Å². The largest absolute Gasteiger partial charge is 0.496 e. The lowest BCUT2D eigenvalue weighted by Gasteiger charge is -2.32. The van der Waals surface area contributed by atoms with Crippen molar-refractivity contribution in [1.82, 2.24) is 19.9 Å². The van der Waals surface area contributed by atoms with Gasteiger partial charge < -0.3 is 19.5 Å². The van der Waals surface area contributed by atoms with Crippen LogP contribution in [0.3, 0.4) is 0 Å². The number of amides is 1. The summed E-state index contributed by atoms with van der Waals surface area (Å²) < 4.78 is 51.9. The maximum atomic E-state index is 13.9. The molecule has 2 aliphatic heterocycles. The van der Waals surface area contributed by atoms with Crippen LogP contribution in [0.4, 0.5) is 24.1 Å². The number of nitrogens with one attached hydrogen (secondary N) is 1. The van der Waals surface area contributed by atoms with E-state index in [1.165, 1.54) is 43.0 Å². The number of hydrogen-bond acceptors (Lipinski definition) is 10. The summed E-state index contributed by atoms with van der Waals surface area (Å²) in [5.74, 6) is -1.14. The Bertz CT molecular complexity index is 1490. The minimum atomic E-state index is -4.63. The van der Waals surface area contributed by atoms with Crippen molar-refractivity contribution >= 4 is 34.2 Å². The molecule has 0 spiro atoms. The van der Waals surface area contributed by atoms with Crippen molar-refractivity contribution < 1.29 is 37.3 Å². The predicted molar refractivity (Wildman–Crippen MR) is 162 cm³/mol. The molecule has 1 atom stereocenters. The fraction of sp³-hybridized carbons (Fsp3) is 0.500. The number of carboxylic acids is 1. The van der Waals surface area contributed by atoms with Crippen LogP contribution in [-0.2, 0) is 22.3 Å². The second-order valence-electron chi connectivity index (χ2n) is 11.2. The highest BCUT2D eigenvalue weighted by atomic mass is 32.1. The molecule has 0 aliphatic carbocycles. The standard InChI is InChI=1S/C30H35F3N6O5S/c1-43-17-18-4-3-9-38(15-18)16-24-26(20-5-6-23(44-2)21(12-20)30(31,32)33)36-29(45-24)37-27(40)22-13-35-25(14-34-22)39-10-7-19(8-11-39)28(41)42/h5-6,12-14,18-19H,3-4,7-11,15-17H2,1-2H3,(H,41,42)(H,36,37,40)/t18-/m1/s1. The van der Waals surface area contributed by atoms with E-state index in [-0.39, 0.29) is 28.1 Å². The molecule has 2 aromatic heterocycles. The first-order valence-electron chi connectivity index (χ1n) is 14.6. The number of thiazole rings is 1. The molecule has 0 bridgehead atoms. The first-order chi connectivity index (χ1) is 21.5. The van der Waals surface area contributed by atoms with Gasteiger partial charge in [0.1, 0.15) is 17.3 Å². The van der Waals surface area contributed by atoms with Crippen LogP contribution < -0.4 is 15.0 Å². The van der Waals surface area contributed by atoms with Gasteiger partial charge in [0, 0.05) is 43.7 Å². The molecule has 2 saturated heterocycles. The molecular formula is C30H35F3N6O5S. The molecule has 2 fully saturated rings. The summed E-state index contributed by atoms with van der Waals surface area (Å²) >= 11 is 1.20. The highest BCUT2D eigenvalue weighted by Gasteiger charge is 2.35. The molecule has 3 aromatic rings. The average Bonchev–Trinajstić information content (AvgIpc) is 3.42. The number of piperidine rings is 2. The van der Waals surface area contributed by atoms with Gasteiger partial charge in [0.05, 0.1) is 43.3 Å². The normalized spacial score (nSPS) is 18.2. The third-order valence-corrected chi connectivity index (χ3v) is 9.06. The van der Waals surface area contributed by atoms with Crippen molar-refractivity contribution in [3.8, 4) is 17.0 Å². The van der Waals surface area contributed by atoms with E-state index in [1.807, 2.05) is 4.90 Å². The minimum Gasteiger partial charge on any atom is -0.496 e. The van der Waals surface area contributed by atoms with E-state index in [2.05, 4.69) is 25.2 Å². The molecule has 0 radical (unpaired) electrons. The fourth-order valence-electron chi connectivity index (χ4n) is 5.80. The molecule has 2 N–H and O–H groups in total. The van der Waals surface area contributed by atoms with Crippen LogP contribution in [-0.4, -0.2) is 83.8 Å². The van der Waals surface area contributed by atoms with Crippen LogP contribution in [0.15, 0.2) is 30.6 Å². The highest BCUT2D eigenvalue weighted by molar-refractivity contribution is 7.16. The molecule has 0 unspecified atom stereocenters. The topological polar surface area (TPSA) is 130 Å². The first kappa shape index (κ1) is 32.6. The van der Waals surface area contributed by atoms with Crippen LogP contribution >= 0.6 is 11.3 Å². The lowest BCUT2D eigenvalue weighted by atomic mass is 9.97. The number of methoxy groups -OCH3 is 2. The Hall–Kier alpha value is -3.82. The van der Waals surface area contributed by atoms with Gasteiger partial charge in [0.25, 0.3) is 5.91 Å². The fourth-order valence-corrected chi connectivity index (χ4v) is 6.82. The Morgan fingerprint density at radius 3 is 2.53 bits per heavy atom. The summed E-state index contributed by atoms with van der Waals surface area (Å²) in [5, 5.41) is 12.2. The third-order valence-electron chi connectivity index (χ3n) is 8.11. The van der Waals surface area contributed by atoms with Gasteiger partial charge in [-0.25, -0.2) is 15.0 Å². The van der Waals surface area contributed by atoms with Crippen molar-refractivity contribution in [2.75, 3.05) is 57.2 Å². The zero-order chi connectivity index (χ0) is 32.1. The van der Waals surface area contributed by atoms with Gasteiger partial charge in [-0.3, -0.25) is 19.8 Å². The number of nitrogens with zero attached hydrogens (tertiary/aromatic N) is 5. The predicted octanol–water partition coefficient (Wildman–Crippen LogP) is 5.04. The van der Waals surface area contributed by atoms with E-state index in [0.717, 1.165) is 32.0 Å². The SMILES string of the molecule is COC[C@@H]1CCCN(Cc2sc(NC(=O)c3cnc(N4CCC(C(=O)O)CC4)cn3)nc2-c2ccc(OC)c(C(F)(F)F)c2)C1. The maximum absolute atomic E-state index is 13.9. The van der Waals surface area contributed by atoms with Gasteiger partial charge in [-0.2, -0.15) is 13.2 Å². The van der Waals surface area contributed by atoms with Crippen LogP contribution in [0, 0.1) is 11.8 Å². The van der Waals surface area contributed by atoms with Gasteiger partial charge in [-0.1, -0.05) is 11.3 Å². The Labute approximate surface area is 262 Å². The number of likely N-dealkylation sites (tertiary alicyclic amines) is 1. The Balaban J connectivity index is 1.37. The smallest absolute Gasteiger partial charge is 0.419 e. The van der Waals surface area contributed by atoms with Gasteiger partial charge in [0.2, 0.25) is 0 Å². The number of halogens is 3. The summed E-state index contributed by atoms with van der Waals surface area (Å²) in [4.78, 5) is 42.4. The summed E-state index contributed by atoms with van der Waals surface area (Å²) in [7, 11) is 2.86. The quantitative estimate of drug-likeness (QED) is 0.309. The van der Waals surface area contributed by atoms with Gasteiger partial charge in [-0.05, 0) is 56.3 Å². The summed E-state index contributed by atoms with van der Waals surface area (Å²) in [6.45, 7) is 3.72. The van der Waals surface area contributed by atoms with Gasteiger partial charge in [-0.15, -0.1) is 0 Å². The molecule has 1 aromatic carbocycles. The monoisotopic (exact) mass is 648 g/mol. The number of benzene rings is 1. The molecule has 45 heavy (non-hydrogen) atoms. The second-order valence-corrected chi connectivity index (χ2v) is 12.3. The molecule has 11 nitrogen and oxygen atoms in total. The number of rotatable bonds is 10. The summed E-state index contributed by atoms with van der Waals surface area (Å²) in [6, 6.07) is 3.83. The Morgan fingerprint density at radius 1 is 1.11 bits per heavy atom. The van der Waals surface area contributed by atoms with Gasteiger partial charge >= 0.3 is 12.1 Å². The van der Waals surface area contributed by atoms with E-state index >= 15 is 0 Å². The maximum Gasteiger partial charge on any atom is 0.419 e. The van der Waals surface area contributed by atoms with Crippen LogP contribution in [0.2, 0.25) is 0 Å². The van der Waals surface area contributed by atoms with E-state index in [0.29, 0.717) is 61.4 Å². The van der Waals surface area contributed by atoms with E-state index in [1.54, 1.807) is 7.11 Å². The zero-order valence-corrected chi connectivity index (χ0v) is 25.8. The molecule has 0 saturated carbocycles. The number of aliphatic carboxylic acids is 1. The molecule has 242 valence electrons. The number of aromatic nitrogens is 3. The first-order valence-corrected chi connectivity index (χ1v) is 15.4. The minimum absolute atomic E-state index is 0.0414. The third kappa shape index (κ3) is 7.89. The van der Waals surface area contributed by atoms with Crippen LogP contribution in [0.25, 0.3) is 11.3 Å². The number of carbonyl (C=O) groups is 2. The van der Waals surface area contributed by atoms with Gasteiger partial charge in [0.15, 0.2) is 5.13 Å². The zero-order valence-electron chi connectivity index (χ0n) is 25.0. The number of alkyl halides is 3. The van der Waals surface area contributed by atoms with Crippen molar-refractivity contribution in [1.29, 1.82) is 0 Å². The Kier molecular flexibility index (Phi) is 10.2. The lowest BCUT2D eigenvalue weighted by Crippen LogP contribution is -2.36. The van der Waals surface area contributed by atoms with Crippen LogP contribution in [0.5, 0.6) is 5.75 Å². The molecule has 4 heterocycles. The molecule has 1 amide bonds. The van der Waals surface area contributed by atoms with Crippen molar-refractivity contribution in [3.05, 3.63) is 46.7 Å². The van der Waals surface area contributed by atoms with Crippen molar-refractivity contribution in [2.24, 2.45) is 11.8 Å². The molecule has 2 aliphatic rings. The average molecular weight is 649 g/mol. The molecule has 5 rings (SSSR count). The van der Waals surface area contributed by atoms with Crippen molar-refractivity contribution in [3.63, 3.8) is 0 Å². The number of carbonyl (C=O) groups excluding carboxylic acids is 1. The van der Waals surface area contributed by atoms with E-state index in [9.17, 15) is 27.9 Å². The number of ether oxygens (including phenoxy) is 2. The van der Waals surface area contributed by atoms with E-state index < -0.39 is 23.6 Å². The van der Waals surface area contributed by atoms with E-state index in [4.69, 9.17) is 9.47 Å². The van der Waals surface area contributed by atoms with Crippen LogP contribution in [0.1, 0.15) is 46.6 Å². The Morgan fingerprint density at radius 2 is 1.89 bits per heavy atom. The highest BCUT2D eigenvalue weighted by Crippen LogP contribution is 2.41. The number of carboxylic acid groups (broad SMARTS) is 1. The number of anilines is 2.